The fourth-order valence-corrected chi connectivity index (χ4v) is 2.45. The maximum atomic E-state index is 12.1. The molecule has 1 aliphatic rings. The third-order valence-electron chi connectivity index (χ3n) is 3.87. The molecule has 0 saturated heterocycles. The summed E-state index contributed by atoms with van der Waals surface area (Å²) in [6.07, 6.45) is 2.77. The van der Waals surface area contributed by atoms with Crippen LogP contribution >= 0.6 is 0 Å². The molecule has 1 saturated carbocycles. The molecule has 0 aliphatic heterocycles. The van der Waals surface area contributed by atoms with E-state index in [-0.39, 0.29) is 18.4 Å². The van der Waals surface area contributed by atoms with Gasteiger partial charge in [-0.1, -0.05) is 13.8 Å². The second-order valence-corrected chi connectivity index (χ2v) is 5.97. The summed E-state index contributed by atoms with van der Waals surface area (Å²) in [6, 6.07) is -0.926. The maximum Gasteiger partial charge on any atom is 0.318 e. The molecule has 7 nitrogen and oxygen atoms in total. The van der Waals surface area contributed by atoms with Gasteiger partial charge in [-0.3, -0.25) is 20.1 Å². The Labute approximate surface area is 112 Å². The van der Waals surface area contributed by atoms with Crippen LogP contribution in [0.2, 0.25) is 0 Å². The zero-order chi connectivity index (χ0) is 14.7. The summed E-state index contributed by atoms with van der Waals surface area (Å²) in [7, 11) is 0. The highest BCUT2D eigenvalue weighted by Crippen LogP contribution is 2.45. The second-order valence-electron chi connectivity index (χ2n) is 5.97. The van der Waals surface area contributed by atoms with Crippen molar-refractivity contribution in [1.82, 2.24) is 10.4 Å². The van der Waals surface area contributed by atoms with Gasteiger partial charge in [-0.2, -0.15) is 0 Å². The Morgan fingerprint density at radius 3 is 2.26 bits per heavy atom. The molecular weight excluding hydrogens is 250 g/mol. The molecule has 0 bridgehead atoms. The molecular formula is C12H21N3O4. The number of primary amides is 1. The predicted molar refractivity (Wildman–Crippen MR) is 67.0 cm³/mol. The number of amides is 4. The van der Waals surface area contributed by atoms with Crippen LogP contribution in [-0.2, 0) is 9.59 Å². The monoisotopic (exact) mass is 271 g/mol. The topological polar surface area (TPSA) is 113 Å². The smallest absolute Gasteiger partial charge is 0.318 e. The van der Waals surface area contributed by atoms with E-state index in [1.54, 1.807) is 0 Å². The summed E-state index contributed by atoms with van der Waals surface area (Å²) in [5.41, 5.74) is 4.11. The molecule has 0 aromatic heterocycles. The molecule has 4 N–H and O–H groups in total. The highest BCUT2D eigenvalue weighted by Gasteiger charge is 2.45. The van der Waals surface area contributed by atoms with Crippen molar-refractivity contribution in [3.63, 3.8) is 0 Å². The number of hydrogen-bond donors (Lipinski definition) is 3. The van der Waals surface area contributed by atoms with Crippen LogP contribution in [0.4, 0.5) is 4.79 Å². The number of hydrogen-bond acceptors (Lipinski definition) is 4. The lowest BCUT2D eigenvalue weighted by Crippen LogP contribution is -2.52. The lowest BCUT2D eigenvalue weighted by Gasteiger charge is -2.42. The number of urea groups is 1. The van der Waals surface area contributed by atoms with E-state index in [0.717, 1.165) is 12.8 Å². The van der Waals surface area contributed by atoms with E-state index < -0.39 is 17.4 Å². The van der Waals surface area contributed by atoms with Crippen LogP contribution in [0.3, 0.4) is 0 Å². The number of carbonyl (C=O) groups excluding carboxylic acids is 3. The Morgan fingerprint density at radius 1 is 1.32 bits per heavy atom. The van der Waals surface area contributed by atoms with Crippen molar-refractivity contribution in [2.24, 2.45) is 16.6 Å². The fourth-order valence-electron chi connectivity index (χ4n) is 2.45. The van der Waals surface area contributed by atoms with E-state index in [1.807, 2.05) is 0 Å². The van der Waals surface area contributed by atoms with Gasteiger partial charge in [0.2, 0.25) is 12.3 Å². The SMILES string of the molecule is CC1(C)CCC(CN(O)C=O)(C(=O)NC(N)=O)CC1. The van der Waals surface area contributed by atoms with E-state index >= 15 is 0 Å². The van der Waals surface area contributed by atoms with Crippen molar-refractivity contribution >= 4 is 18.3 Å². The summed E-state index contributed by atoms with van der Waals surface area (Å²) in [5.74, 6) is -0.531. The predicted octanol–water partition coefficient (Wildman–Crippen LogP) is 0.616. The van der Waals surface area contributed by atoms with E-state index in [4.69, 9.17) is 5.73 Å². The Hall–Kier alpha value is -1.63. The highest BCUT2D eigenvalue weighted by molar-refractivity contribution is 5.97. The van der Waals surface area contributed by atoms with Gasteiger partial charge >= 0.3 is 6.03 Å². The first kappa shape index (κ1) is 15.4. The van der Waals surface area contributed by atoms with Gasteiger partial charge in [-0.15, -0.1) is 0 Å². The van der Waals surface area contributed by atoms with Gasteiger partial charge in [-0.05, 0) is 31.1 Å². The number of rotatable bonds is 4. The Balaban J connectivity index is 2.88. The van der Waals surface area contributed by atoms with Crippen LogP contribution in [0.15, 0.2) is 0 Å². The zero-order valence-corrected chi connectivity index (χ0v) is 11.3. The third-order valence-corrected chi connectivity index (χ3v) is 3.87. The third kappa shape index (κ3) is 3.92. The molecule has 0 unspecified atom stereocenters. The molecule has 0 radical (unpaired) electrons. The summed E-state index contributed by atoms with van der Waals surface area (Å²) in [5, 5.41) is 11.9. The van der Waals surface area contributed by atoms with Crippen molar-refractivity contribution in [3.8, 4) is 0 Å². The number of imide groups is 1. The zero-order valence-electron chi connectivity index (χ0n) is 11.3. The first-order valence-electron chi connectivity index (χ1n) is 6.22. The van der Waals surface area contributed by atoms with Crippen LogP contribution in [0.5, 0.6) is 0 Å². The molecule has 19 heavy (non-hydrogen) atoms. The van der Waals surface area contributed by atoms with Gasteiger partial charge < -0.3 is 5.73 Å². The normalized spacial score (nSPS) is 20.4. The average Bonchev–Trinajstić information content (AvgIpc) is 2.31. The van der Waals surface area contributed by atoms with Crippen molar-refractivity contribution in [2.75, 3.05) is 6.54 Å². The minimum atomic E-state index is -0.958. The molecule has 7 heteroatoms. The lowest BCUT2D eigenvalue weighted by molar-refractivity contribution is -0.163. The molecule has 0 heterocycles. The number of carbonyl (C=O) groups is 3. The van der Waals surface area contributed by atoms with Crippen molar-refractivity contribution < 1.29 is 19.6 Å². The van der Waals surface area contributed by atoms with Gasteiger partial charge in [0.25, 0.3) is 0 Å². The van der Waals surface area contributed by atoms with Crippen LogP contribution in [-0.4, -0.2) is 35.2 Å². The maximum absolute atomic E-state index is 12.1. The van der Waals surface area contributed by atoms with Gasteiger partial charge in [-0.25, -0.2) is 9.86 Å². The van der Waals surface area contributed by atoms with Crippen LogP contribution in [0, 0.1) is 10.8 Å². The molecule has 0 spiro atoms. The van der Waals surface area contributed by atoms with Crippen molar-refractivity contribution in [2.45, 2.75) is 39.5 Å². The molecule has 1 aliphatic carbocycles. The largest absolute Gasteiger partial charge is 0.351 e. The Morgan fingerprint density at radius 2 is 1.84 bits per heavy atom. The fraction of sp³-hybridized carbons (Fsp3) is 0.750. The summed E-state index contributed by atoms with van der Waals surface area (Å²) in [6.45, 7) is 4.06. The van der Waals surface area contributed by atoms with Crippen LogP contribution in [0.25, 0.3) is 0 Å². The molecule has 4 amide bonds. The van der Waals surface area contributed by atoms with Gasteiger partial charge in [0.1, 0.15) is 0 Å². The first-order chi connectivity index (χ1) is 8.71. The molecule has 0 atom stereocenters. The van der Waals surface area contributed by atoms with Crippen LogP contribution in [0.1, 0.15) is 39.5 Å². The van der Waals surface area contributed by atoms with Crippen molar-refractivity contribution in [3.05, 3.63) is 0 Å². The van der Waals surface area contributed by atoms with Crippen molar-refractivity contribution in [1.29, 1.82) is 0 Å². The Bertz CT molecular complexity index is 371. The van der Waals surface area contributed by atoms with E-state index in [0.29, 0.717) is 17.9 Å². The van der Waals surface area contributed by atoms with Gasteiger partial charge in [0.15, 0.2) is 0 Å². The molecule has 1 rings (SSSR count). The minimum Gasteiger partial charge on any atom is -0.351 e. The van der Waals surface area contributed by atoms with Crippen LogP contribution < -0.4 is 11.1 Å². The average molecular weight is 271 g/mol. The van der Waals surface area contributed by atoms with E-state index in [2.05, 4.69) is 19.2 Å². The number of hydroxylamine groups is 2. The minimum absolute atomic E-state index is 0.109. The summed E-state index contributed by atoms with van der Waals surface area (Å²) >= 11 is 0. The molecule has 0 aromatic rings. The van der Waals surface area contributed by atoms with Gasteiger partial charge in [0, 0.05) is 0 Å². The van der Waals surface area contributed by atoms with E-state index in [1.165, 1.54) is 0 Å². The summed E-state index contributed by atoms with van der Waals surface area (Å²) in [4.78, 5) is 33.5. The number of nitrogens with two attached hydrogens (primary N) is 1. The quantitative estimate of drug-likeness (QED) is 0.395. The van der Waals surface area contributed by atoms with Gasteiger partial charge in [0.05, 0.1) is 12.0 Å². The molecule has 1 fully saturated rings. The molecule has 108 valence electrons. The first-order valence-corrected chi connectivity index (χ1v) is 6.22. The Kier molecular flexibility index (Phi) is 4.52. The summed E-state index contributed by atoms with van der Waals surface area (Å²) < 4.78 is 0. The highest BCUT2D eigenvalue weighted by atomic mass is 16.5. The molecule has 0 aromatic carbocycles. The number of nitrogens with one attached hydrogen (secondary N) is 1. The van der Waals surface area contributed by atoms with E-state index in [9.17, 15) is 19.6 Å². The second kappa shape index (κ2) is 5.56. The lowest BCUT2D eigenvalue weighted by atomic mass is 9.64. The standard InChI is InChI=1S/C12H21N3O4/c1-11(2)3-5-12(6-4-11,7-15(19)8-16)9(17)14-10(13)18/h8,19H,3-7H2,1-2H3,(H3,13,14,17,18). The number of nitrogens with zero attached hydrogens (tertiary/aromatic N) is 1.